The van der Waals surface area contributed by atoms with E-state index in [4.69, 9.17) is 21.4 Å². The minimum absolute atomic E-state index is 0.128. The van der Waals surface area contributed by atoms with E-state index in [1.807, 2.05) is 19.9 Å². The van der Waals surface area contributed by atoms with E-state index < -0.39 is 0 Å². The van der Waals surface area contributed by atoms with Crippen LogP contribution in [0, 0.1) is 11.2 Å². The van der Waals surface area contributed by atoms with Crippen LogP contribution in [0.2, 0.25) is 5.02 Å². The smallest absolute Gasteiger partial charge is 0.165 e. The summed E-state index contributed by atoms with van der Waals surface area (Å²) in [6.07, 6.45) is 11.9. The molecule has 6 nitrogen and oxygen atoms in total. The Morgan fingerprint density at radius 1 is 1.14 bits per heavy atom. The van der Waals surface area contributed by atoms with Gasteiger partial charge in [-0.1, -0.05) is 58.1 Å². The molecule has 0 atom stereocenters. The second-order valence-corrected chi connectivity index (χ2v) is 9.68. The third kappa shape index (κ3) is 8.56. The van der Waals surface area contributed by atoms with Crippen molar-refractivity contribution in [3.63, 3.8) is 0 Å². The van der Waals surface area contributed by atoms with Gasteiger partial charge in [0.25, 0.3) is 0 Å². The van der Waals surface area contributed by atoms with Gasteiger partial charge in [0.05, 0.1) is 10.7 Å². The predicted molar refractivity (Wildman–Crippen MR) is 148 cm³/mol. The van der Waals surface area contributed by atoms with Crippen molar-refractivity contribution in [3.05, 3.63) is 35.2 Å². The zero-order valence-electron chi connectivity index (χ0n) is 22.4. The number of pyridine rings is 2. The van der Waals surface area contributed by atoms with Crippen molar-refractivity contribution >= 4 is 23.2 Å². The molecule has 3 N–H and O–H groups in total. The van der Waals surface area contributed by atoms with Crippen molar-refractivity contribution < 1.29 is 14.2 Å². The minimum atomic E-state index is -0.349. The maximum atomic E-state index is 14.6. The average Bonchev–Trinajstić information content (AvgIpc) is 2.93. The normalized spacial score (nSPS) is 17.2. The standard InChI is InChI=1S/C25H34ClFN4O.C2H6.CH4O/c1-2-10-25(11-13-32-14-12-25)17-29-24-21(27)8-9-22(31-24)19-15-23(28-16-20(19)26)30-18-6-4-3-5-7-18;2*1-2/h8-9,15-16,18H,2-7,10-14,17H2,1H3,(H,28,30)(H,29,31);1-2H3;2H,1H3. The van der Waals surface area contributed by atoms with E-state index in [0.29, 0.717) is 23.3 Å². The van der Waals surface area contributed by atoms with E-state index in [1.54, 1.807) is 12.3 Å². The lowest BCUT2D eigenvalue weighted by Crippen LogP contribution is -2.36. The van der Waals surface area contributed by atoms with Gasteiger partial charge in [0, 0.05) is 44.7 Å². The van der Waals surface area contributed by atoms with Gasteiger partial charge >= 0.3 is 0 Å². The number of anilines is 2. The Kier molecular flexibility index (Phi) is 13.5. The summed E-state index contributed by atoms with van der Waals surface area (Å²) >= 11 is 6.47. The Morgan fingerprint density at radius 3 is 2.50 bits per heavy atom. The first-order valence-corrected chi connectivity index (χ1v) is 13.8. The molecule has 4 rings (SSSR count). The highest BCUT2D eigenvalue weighted by Gasteiger charge is 2.32. The minimum Gasteiger partial charge on any atom is -0.400 e. The van der Waals surface area contributed by atoms with Gasteiger partial charge in [-0.25, -0.2) is 14.4 Å². The molecule has 2 aromatic rings. The molecule has 1 aliphatic carbocycles. The largest absolute Gasteiger partial charge is 0.400 e. The molecule has 1 aliphatic heterocycles. The molecule has 2 aliphatic rings. The molecule has 1 saturated heterocycles. The number of nitrogens with zero attached hydrogens (tertiary/aromatic N) is 2. The first-order valence-electron chi connectivity index (χ1n) is 13.4. The lowest BCUT2D eigenvalue weighted by molar-refractivity contribution is 0.0164. The predicted octanol–water partition coefficient (Wildman–Crippen LogP) is 7.32. The van der Waals surface area contributed by atoms with Crippen LogP contribution in [0.5, 0.6) is 0 Å². The molecular formula is C28H44ClFN4O2. The lowest BCUT2D eigenvalue weighted by Gasteiger charge is -2.37. The quantitative estimate of drug-likeness (QED) is 0.337. The van der Waals surface area contributed by atoms with E-state index >= 15 is 0 Å². The third-order valence-electron chi connectivity index (χ3n) is 6.90. The molecule has 0 amide bonds. The Hall–Kier alpha value is -1.96. The first-order chi connectivity index (χ1) is 17.6. The van der Waals surface area contributed by atoms with Gasteiger partial charge in [-0.05, 0) is 55.7 Å². The van der Waals surface area contributed by atoms with Gasteiger partial charge in [0.15, 0.2) is 11.6 Å². The molecule has 0 unspecified atom stereocenters. The van der Waals surface area contributed by atoms with Crippen LogP contribution >= 0.6 is 11.6 Å². The first kappa shape index (κ1) is 30.3. The number of nitrogens with one attached hydrogen (secondary N) is 2. The van der Waals surface area contributed by atoms with Crippen molar-refractivity contribution in [2.45, 2.75) is 84.6 Å². The zero-order chi connectivity index (χ0) is 26.4. The molecule has 36 heavy (non-hydrogen) atoms. The summed E-state index contributed by atoms with van der Waals surface area (Å²) in [7, 11) is 1.00. The van der Waals surface area contributed by atoms with E-state index in [9.17, 15) is 4.39 Å². The molecule has 202 valence electrons. The number of halogens is 2. The number of rotatable bonds is 8. The molecule has 2 fully saturated rings. The molecule has 3 heterocycles. The fraction of sp³-hybridized carbons (Fsp3) is 0.643. The fourth-order valence-electron chi connectivity index (χ4n) is 5.01. The summed E-state index contributed by atoms with van der Waals surface area (Å²) in [4.78, 5) is 9.06. The van der Waals surface area contributed by atoms with Crippen LogP contribution < -0.4 is 10.6 Å². The summed E-state index contributed by atoms with van der Waals surface area (Å²) in [6.45, 7) is 8.42. The highest BCUT2D eigenvalue weighted by molar-refractivity contribution is 6.33. The molecule has 1 saturated carbocycles. The van der Waals surface area contributed by atoms with Gasteiger partial charge in [0.2, 0.25) is 0 Å². The number of ether oxygens (including phenoxy) is 1. The highest BCUT2D eigenvalue weighted by Crippen LogP contribution is 2.36. The second kappa shape index (κ2) is 16.0. The van der Waals surface area contributed by atoms with Crippen LogP contribution in [0.1, 0.15) is 78.6 Å². The molecule has 0 spiro atoms. The summed E-state index contributed by atoms with van der Waals surface area (Å²) in [5, 5.41) is 14.3. The monoisotopic (exact) mass is 522 g/mol. The molecule has 0 aromatic carbocycles. The van der Waals surface area contributed by atoms with E-state index in [2.05, 4.69) is 27.5 Å². The van der Waals surface area contributed by atoms with Crippen LogP contribution in [0.3, 0.4) is 0 Å². The van der Waals surface area contributed by atoms with Crippen molar-refractivity contribution in [1.29, 1.82) is 0 Å². The molecular weight excluding hydrogens is 479 g/mol. The van der Waals surface area contributed by atoms with Crippen LogP contribution in [-0.2, 0) is 4.74 Å². The number of aliphatic hydroxyl groups excluding tert-OH is 1. The van der Waals surface area contributed by atoms with Crippen molar-refractivity contribution in [1.82, 2.24) is 9.97 Å². The highest BCUT2D eigenvalue weighted by atomic mass is 35.5. The van der Waals surface area contributed by atoms with Crippen LogP contribution in [-0.4, -0.2) is 48.0 Å². The van der Waals surface area contributed by atoms with Crippen LogP contribution in [0.15, 0.2) is 24.4 Å². The summed E-state index contributed by atoms with van der Waals surface area (Å²) in [5.74, 6) is 0.721. The SMILES string of the molecule is CC.CCCC1(CNc2nc(-c3cc(NC4CCCCC4)ncc3Cl)ccc2F)CCOCC1.CO. The van der Waals surface area contributed by atoms with Gasteiger partial charge in [-0.15, -0.1) is 0 Å². The Labute approximate surface area is 221 Å². The number of hydrogen-bond acceptors (Lipinski definition) is 6. The number of hydrogen-bond donors (Lipinski definition) is 3. The molecule has 0 radical (unpaired) electrons. The van der Waals surface area contributed by atoms with E-state index in [0.717, 1.165) is 70.2 Å². The third-order valence-corrected chi connectivity index (χ3v) is 7.20. The Balaban J connectivity index is 0.00000109. The van der Waals surface area contributed by atoms with Gasteiger partial charge < -0.3 is 20.5 Å². The average molecular weight is 523 g/mol. The van der Waals surface area contributed by atoms with Crippen molar-refractivity contribution in [2.24, 2.45) is 5.41 Å². The summed E-state index contributed by atoms with van der Waals surface area (Å²) in [6, 6.07) is 5.52. The molecule has 2 aromatic heterocycles. The molecule has 0 bridgehead atoms. The van der Waals surface area contributed by atoms with Crippen molar-refractivity contribution in [2.75, 3.05) is 37.5 Å². The van der Waals surface area contributed by atoms with Gasteiger partial charge in [-0.3, -0.25) is 0 Å². The van der Waals surface area contributed by atoms with Crippen molar-refractivity contribution in [3.8, 4) is 11.3 Å². The zero-order valence-corrected chi connectivity index (χ0v) is 23.1. The summed E-state index contributed by atoms with van der Waals surface area (Å²) < 4.78 is 20.2. The van der Waals surface area contributed by atoms with Gasteiger partial charge in [0.1, 0.15) is 5.82 Å². The maximum Gasteiger partial charge on any atom is 0.165 e. The maximum absolute atomic E-state index is 14.6. The van der Waals surface area contributed by atoms with Gasteiger partial charge in [-0.2, -0.15) is 0 Å². The van der Waals surface area contributed by atoms with Crippen LogP contribution in [0.4, 0.5) is 16.0 Å². The lowest BCUT2D eigenvalue weighted by atomic mass is 9.76. The Morgan fingerprint density at radius 2 is 1.83 bits per heavy atom. The number of aliphatic hydroxyl groups is 1. The summed E-state index contributed by atoms with van der Waals surface area (Å²) in [5.41, 5.74) is 1.53. The number of aromatic nitrogens is 2. The second-order valence-electron chi connectivity index (χ2n) is 9.27. The molecule has 8 heteroatoms. The Bertz CT molecular complexity index is 898. The fourth-order valence-corrected chi connectivity index (χ4v) is 5.21. The van der Waals surface area contributed by atoms with E-state index in [-0.39, 0.29) is 17.1 Å². The topological polar surface area (TPSA) is 79.3 Å². The van der Waals surface area contributed by atoms with Crippen LogP contribution in [0.25, 0.3) is 11.3 Å². The van der Waals surface area contributed by atoms with E-state index in [1.165, 1.54) is 25.3 Å².